The van der Waals surface area contributed by atoms with Gasteiger partial charge in [0.15, 0.2) is 11.5 Å². The third-order valence-electron chi connectivity index (χ3n) is 5.47. The molecule has 0 spiro atoms. The van der Waals surface area contributed by atoms with E-state index in [2.05, 4.69) is 5.32 Å². The second kappa shape index (κ2) is 8.16. The van der Waals surface area contributed by atoms with E-state index in [1.54, 1.807) is 25.1 Å². The Labute approximate surface area is 179 Å². The molecule has 2 aliphatic rings. The molecule has 2 aromatic carbocycles. The molecule has 1 saturated heterocycles. The highest BCUT2D eigenvalue weighted by Crippen LogP contribution is 2.35. The summed E-state index contributed by atoms with van der Waals surface area (Å²) in [5.41, 5.74) is 0.743. The first-order valence-corrected chi connectivity index (χ1v) is 11.2. The molecule has 1 N–H and O–H groups in total. The predicted octanol–water partition coefficient (Wildman–Crippen LogP) is 2.67. The van der Waals surface area contributed by atoms with E-state index in [0.717, 1.165) is 6.07 Å². The molecule has 1 fully saturated rings. The van der Waals surface area contributed by atoms with Gasteiger partial charge in [0, 0.05) is 42.9 Å². The van der Waals surface area contributed by atoms with Crippen molar-refractivity contribution in [2.45, 2.75) is 24.7 Å². The molecule has 0 radical (unpaired) electrons. The Kier molecular flexibility index (Phi) is 5.54. The molecule has 0 bridgehead atoms. The summed E-state index contributed by atoms with van der Waals surface area (Å²) in [6.45, 7) is 2.05. The number of fused-ring (bicyclic) bond motifs is 1. The van der Waals surface area contributed by atoms with Crippen molar-refractivity contribution in [2.75, 3.05) is 25.2 Å². The normalized spacial score (nSPS) is 16.8. The summed E-state index contributed by atoms with van der Waals surface area (Å²) in [4.78, 5) is 23.0. The fourth-order valence-corrected chi connectivity index (χ4v) is 5.41. The number of nitro benzene ring substituents is 1. The Bertz CT molecular complexity index is 1140. The number of hydrogen-bond acceptors (Lipinski definition) is 7. The molecule has 2 heterocycles. The maximum absolute atomic E-state index is 13.0. The number of aryl methyl sites for hydroxylation is 1. The van der Waals surface area contributed by atoms with Crippen LogP contribution in [-0.4, -0.2) is 43.4 Å². The van der Waals surface area contributed by atoms with Crippen LogP contribution in [0.5, 0.6) is 11.5 Å². The number of rotatable bonds is 5. The molecule has 10 nitrogen and oxygen atoms in total. The van der Waals surface area contributed by atoms with E-state index in [4.69, 9.17) is 9.47 Å². The molecule has 2 aromatic rings. The van der Waals surface area contributed by atoms with Gasteiger partial charge in [-0.3, -0.25) is 14.9 Å². The highest BCUT2D eigenvalue weighted by Gasteiger charge is 2.33. The van der Waals surface area contributed by atoms with Crippen molar-refractivity contribution in [1.82, 2.24) is 4.31 Å². The van der Waals surface area contributed by atoms with E-state index in [-0.39, 0.29) is 42.3 Å². The van der Waals surface area contributed by atoms with E-state index >= 15 is 0 Å². The first kappa shape index (κ1) is 21.1. The van der Waals surface area contributed by atoms with E-state index < -0.39 is 14.9 Å². The number of anilines is 1. The van der Waals surface area contributed by atoms with Crippen molar-refractivity contribution in [2.24, 2.45) is 5.92 Å². The first-order chi connectivity index (χ1) is 14.8. The molecule has 1 amide bonds. The number of sulfonamides is 1. The Hall–Kier alpha value is -3.18. The number of hydrogen-bond donors (Lipinski definition) is 1. The van der Waals surface area contributed by atoms with Gasteiger partial charge in [-0.2, -0.15) is 4.31 Å². The minimum atomic E-state index is -3.90. The molecule has 4 rings (SSSR count). The molecule has 31 heavy (non-hydrogen) atoms. The smallest absolute Gasteiger partial charge is 0.270 e. The molecule has 0 aromatic heterocycles. The van der Waals surface area contributed by atoms with Crippen molar-refractivity contribution < 1.29 is 27.6 Å². The van der Waals surface area contributed by atoms with Crippen LogP contribution in [0.15, 0.2) is 41.3 Å². The quantitative estimate of drug-likeness (QED) is 0.551. The summed E-state index contributed by atoms with van der Waals surface area (Å²) in [6, 6.07) is 8.91. The molecule has 0 unspecified atom stereocenters. The van der Waals surface area contributed by atoms with Gasteiger partial charge < -0.3 is 14.8 Å². The largest absolute Gasteiger partial charge is 0.454 e. The van der Waals surface area contributed by atoms with E-state index in [1.807, 2.05) is 0 Å². The summed E-state index contributed by atoms with van der Waals surface area (Å²) in [5, 5.41) is 13.9. The lowest BCUT2D eigenvalue weighted by atomic mass is 9.97. The fourth-order valence-electron chi connectivity index (χ4n) is 3.70. The third-order valence-corrected chi connectivity index (χ3v) is 7.51. The molecule has 164 valence electrons. The summed E-state index contributed by atoms with van der Waals surface area (Å²) in [6.07, 6.45) is 0.702. The number of carbonyl (C=O) groups excluding carboxylic acids is 1. The van der Waals surface area contributed by atoms with Crippen LogP contribution in [0.3, 0.4) is 0 Å². The van der Waals surface area contributed by atoms with Gasteiger partial charge in [0.25, 0.3) is 5.69 Å². The highest BCUT2D eigenvalue weighted by atomic mass is 32.2. The van der Waals surface area contributed by atoms with Gasteiger partial charge in [0.05, 0.1) is 9.82 Å². The van der Waals surface area contributed by atoms with Gasteiger partial charge in [-0.05, 0) is 37.5 Å². The van der Waals surface area contributed by atoms with Gasteiger partial charge in [0.2, 0.25) is 22.7 Å². The number of nitrogens with zero attached hydrogens (tertiary/aromatic N) is 2. The van der Waals surface area contributed by atoms with E-state index in [1.165, 1.54) is 16.4 Å². The highest BCUT2D eigenvalue weighted by molar-refractivity contribution is 7.89. The molecule has 0 saturated carbocycles. The predicted molar refractivity (Wildman–Crippen MR) is 111 cm³/mol. The van der Waals surface area contributed by atoms with Crippen molar-refractivity contribution in [3.05, 3.63) is 52.1 Å². The zero-order valence-corrected chi connectivity index (χ0v) is 17.6. The summed E-state index contributed by atoms with van der Waals surface area (Å²) >= 11 is 0. The molecule has 2 aliphatic heterocycles. The summed E-state index contributed by atoms with van der Waals surface area (Å²) < 4.78 is 37.9. The van der Waals surface area contributed by atoms with Gasteiger partial charge >= 0.3 is 0 Å². The number of piperidine rings is 1. The average Bonchev–Trinajstić information content (AvgIpc) is 3.21. The Balaban J connectivity index is 1.41. The van der Waals surface area contributed by atoms with Crippen LogP contribution in [0.4, 0.5) is 11.4 Å². The summed E-state index contributed by atoms with van der Waals surface area (Å²) in [7, 11) is -3.90. The Morgan fingerprint density at radius 1 is 1.13 bits per heavy atom. The minimum Gasteiger partial charge on any atom is -0.454 e. The van der Waals surface area contributed by atoms with Crippen LogP contribution >= 0.6 is 0 Å². The fraction of sp³-hybridized carbons (Fsp3) is 0.350. The number of amides is 1. The Morgan fingerprint density at radius 3 is 2.55 bits per heavy atom. The van der Waals surface area contributed by atoms with Crippen LogP contribution in [0.1, 0.15) is 18.4 Å². The van der Waals surface area contributed by atoms with Gasteiger partial charge in [-0.25, -0.2) is 8.42 Å². The zero-order chi connectivity index (χ0) is 22.2. The lowest BCUT2D eigenvalue weighted by molar-refractivity contribution is -0.385. The van der Waals surface area contributed by atoms with Crippen LogP contribution < -0.4 is 14.8 Å². The number of benzene rings is 2. The number of nitrogens with one attached hydrogen (secondary N) is 1. The van der Waals surface area contributed by atoms with Gasteiger partial charge in [0.1, 0.15) is 0 Å². The van der Waals surface area contributed by atoms with Gasteiger partial charge in [-0.1, -0.05) is 6.07 Å². The lowest BCUT2D eigenvalue weighted by Crippen LogP contribution is -2.41. The molecular formula is C20H21N3O7S. The minimum absolute atomic E-state index is 0.0787. The van der Waals surface area contributed by atoms with Crippen LogP contribution in [0.25, 0.3) is 0 Å². The zero-order valence-electron chi connectivity index (χ0n) is 16.7. The van der Waals surface area contributed by atoms with Gasteiger partial charge in [-0.15, -0.1) is 0 Å². The molecule has 11 heteroatoms. The second-order valence-corrected chi connectivity index (χ2v) is 9.35. The number of ether oxygens (including phenoxy) is 2. The second-order valence-electron chi connectivity index (χ2n) is 7.44. The van der Waals surface area contributed by atoms with Crippen molar-refractivity contribution in [3.63, 3.8) is 0 Å². The average molecular weight is 447 g/mol. The monoisotopic (exact) mass is 447 g/mol. The maximum Gasteiger partial charge on any atom is 0.270 e. The maximum atomic E-state index is 13.0. The standard InChI is InChI=1S/C20H21N3O7S/c1-13-2-4-16(23(25)26)11-19(13)31(27,28)22-8-6-14(7-9-22)20(24)21-15-3-5-17-18(10-15)30-12-29-17/h2-5,10-11,14H,6-9,12H2,1H3,(H,21,24). The lowest BCUT2D eigenvalue weighted by Gasteiger charge is -2.30. The van der Waals surface area contributed by atoms with Crippen LogP contribution in [0, 0.1) is 23.0 Å². The SMILES string of the molecule is Cc1ccc([N+](=O)[O-])cc1S(=O)(=O)N1CCC(C(=O)Nc2ccc3c(c2)OCO3)CC1. The molecular weight excluding hydrogens is 426 g/mol. The number of non-ortho nitro benzene ring substituents is 1. The Morgan fingerprint density at radius 2 is 1.84 bits per heavy atom. The molecule has 0 aliphatic carbocycles. The van der Waals surface area contributed by atoms with E-state index in [0.29, 0.717) is 35.6 Å². The van der Waals surface area contributed by atoms with Crippen molar-refractivity contribution in [3.8, 4) is 11.5 Å². The summed E-state index contributed by atoms with van der Waals surface area (Å²) in [5.74, 6) is 0.643. The van der Waals surface area contributed by atoms with Crippen LogP contribution in [0.2, 0.25) is 0 Å². The topological polar surface area (TPSA) is 128 Å². The van der Waals surface area contributed by atoms with E-state index in [9.17, 15) is 23.3 Å². The molecule has 0 atom stereocenters. The number of carbonyl (C=O) groups is 1. The van der Waals surface area contributed by atoms with Crippen LogP contribution in [-0.2, 0) is 14.8 Å². The van der Waals surface area contributed by atoms with Crippen molar-refractivity contribution >= 4 is 27.3 Å². The van der Waals surface area contributed by atoms with Crippen molar-refractivity contribution in [1.29, 1.82) is 0 Å². The number of nitro groups is 1. The third kappa shape index (κ3) is 4.19. The first-order valence-electron chi connectivity index (χ1n) is 9.71.